The molecule has 2 N–H and O–H groups in total. The van der Waals surface area contributed by atoms with Gasteiger partial charge in [0.25, 0.3) is 5.91 Å². The standard InChI is InChI=1S/C20H27N3O4/c1-13-18(24)19(25)17(23(13)15-5-7-16(27-4)8-6-15)20(26)22(3)14-9-11-21(2)12-10-14/h5-8,14,24-25H,9-12H2,1-4H3. The van der Waals surface area contributed by atoms with Crippen molar-refractivity contribution in [1.82, 2.24) is 14.4 Å². The number of benzene rings is 1. The summed E-state index contributed by atoms with van der Waals surface area (Å²) in [5, 5.41) is 20.7. The van der Waals surface area contributed by atoms with Gasteiger partial charge in [0.15, 0.2) is 17.2 Å². The number of hydrogen-bond donors (Lipinski definition) is 2. The van der Waals surface area contributed by atoms with Crippen molar-refractivity contribution >= 4 is 5.91 Å². The quantitative estimate of drug-likeness (QED) is 0.860. The van der Waals surface area contributed by atoms with Gasteiger partial charge in [-0.05, 0) is 64.2 Å². The number of likely N-dealkylation sites (tertiary alicyclic amines) is 1. The zero-order valence-electron chi connectivity index (χ0n) is 16.3. The van der Waals surface area contributed by atoms with Crippen LogP contribution in [0.2, 0.25) is 0 Å². The maximum Gasteiger partial charge on any atom is 0.274 e. The Labute approximate surface area is 159 Å². The first-order chi connectivity index (χ1) is 12.8. The van der Waals surface area contributed by atoms with Gasteiger partial charge in [-0.3, -0.25) is 4.79 Å². The van der Waals surface area contributed by atoms with Crippen LogP contribution in [0.3, 0.4) is 0 Å². The van der Waals surface area contributed by atoms with Gasteiger partial charge in [-0.2, -0.15) is 0 Å². The van der Waals surface area contributed by atoms with Gasteiger partial charge in [0.1, 0.15) is 5.75 Å². The van der Waals surface area contributed by atoms with Crippen LogP contribution in [-0.4, -0.2) is 70.8 Å². The monoisotopic (exact) mass is 373 g/mol. The molecule has 0 unspecified atom stereocenters. The molecule has 7 heteroatoms. The van der Waals surface area contributed by atoms with Gasteiger partial charge < -0.3 is 29.3 Å². The number of methoxy groups -OCH3 is 1. The van der Waals surface area contributed by atoms with Crippen LogP contribution in [0.15, 0.2) is 24.3 Å². The summed E-state index contributed by atoms with van der Waals surface area (Å²) in [6.07, 6.45) is 1.77. The van der Waals surface area contributed by atoms with Crippen LogP contribution in [0.1, 0.15) is 29.0 Å². The lowest BCUT2D eigenvalue weighted by Crippen LogP contribution is -2.44. The second-order valence-electron chi connectivity index (χ2n) is 7.12. The molecule has 0 spiro atoms. The molecule has 1 fully saturated rings. The van der Waals surface area contributed by atoms with E-state index in [2.05, 4.69) is 11.9 Å². The smallest absolute Gasteiger partial charge is 0.274 e. The van der Waals surface area contributed by atoms with Crippen molar-refractivity contribution in [2.75, 3.05) is 34.3 Å². The van der Waals surface area contributed by atoms with E-state index in [1.807, 2.05) is 0 Å². The van der Waals surface area contributed by atoms with Gasteiger partial charge in [-0.15, -0.1) is 0 Å². The molecule has 1 aromatic carbocycles. The van der Waals surface area contributed by atoms with Crippen molar-refractivity contribution in [3.05, 3.63) is 35.7 Å². The van der Waals surface area contributed by atoms with E-state index in [1.54, 1.807) is 54.8 Å². The molecule has 1 aliphatic rings. The first-order valence-electron chi connectivity index (χ1n) is 9.08. The SMILES string of the molecule is COc1ccc(-n2c(C)c(O)c(O)c2C(=O)N(C)C2CCN(C)CC2)cc1. The van der Waals surface area contributed by atoms with Gasteiger partial charge in [-0.25, -0.2) is 0 Å². The third kappa shape index (κ3) is 3.47. The summed E-state index contributed by atoms with van der Waals surface area (Å²) >= 11 is 0. The predicted molar refractivity (Wildman–Crippen MR) is 103 cm³/mol. The molecule has 0 radical (unpaired) electrons. The van der Waals surface area contributed by atoms with E-state index in [1.165, 1.54) is 0 Å². The Kier molecular flexibility index (Phi) is 5.32. The molecule has 7 nitrogen and oxygen atoms in total. The number of nitrogens with zero attached hydrogens (tertiary/aromatic N) is 3. The second kappa shape index (κ2) is 7.52. The summed E-state index contributed by atoms with van der Waals surface area (Å²) in [6.45, 7) is 3.53. The first-order valence-corrected chi connectivity index (χ1v) is 9.08. The number of rotatable bonds is 4. The highest BCUT2D eigenvalue weighted by Gasteiger charge is 2.32. The van der Waals surface area contributed by atoms with E-state index >= 15 is 0 Å². The third-order valence-electron chi connectivity index (χ3n) is 5.44. The molecular formula is C20H27N3O4. The topological polar surface area (TPSA) is 78.2 Å². The number of hydrogen-bond acceptors (Lipinski definition) is 5. The Hall–Kier alpha value is -2.67. The van der Waals surface area contributed by atoms with Crippen LogP contribution in [0, 0.1) is 6.92 Å². The summed E-state index contributed by atoms with van der Waals surface area (Å²) in [5.41, 5.74) is 1.17. The van der Waals surface area contributed by atoms with Gasteiger partial charge in [-0.1, -0.05) is 0 Å². The lowest BCUT2D eigenvalue weighted by atomic mass is 10.0. The van der Waals surface area contributed by atoms with Crippen LogP contribution >= 0.6 is 0 Å². The highest BCUT2D eigenvalue weighted by Crippen LogP contribution is 2.38. The third-order valence-corrected chi connectivity index (χ3v) is 5.44. The zero-order chi connectivity index (χ0) is 19.7. The minimum atomic E-state index is -0.381. The van der Waals surface area contributed by atoms with E-state index in [4.69, 9.17) is 4.74 Å². The van der Waals surface area contributed by atoms with Crippen molar-refractivity contribution in [3.63, 3.8) is 0 Å². The van der Waals surface area contributed by atoms with Gasteiger partial charge in [0, 0.05) is 18.8 Å². The molecule has 2 aromatic rings. The normalized spacial score (nSPS) is 15.7. The van der Waals surface area contributed by atoms with Crippen LogP contribution in [0.4, 0.5) is 0 Å². The van der Waals surface area contributed by atoms with Gasteiger partial charge in [0.05, 0.1) is 12.8 Å². The van der Waals surface area contributed by atoms with Crippen LogP contribution in [-0.2, 0) is 0 Å². The van der Waals surface area contributed by atoms with Crippen molar-refractivity contribution in [3.8, 4) is 22.9 Å². The fraction of sp³-hybridized carbons (Fsp3) is 0.450. The molecule has 1 aliphatic heterocycles. The zero-order valence-corrected chi connectivity index (χ0v) is 16.3. The molecule has 146 valence electrons. The molecule has 0 aliphatic carbocycles. The van der Waals surface area contributed by atoms with Crippen molar-refractivity contribution in [2.24, 2.45) is 0 Å². The average Bonchev–Trinajstić information content (AvgIpc) is 2.91. The molecule has 0 saturated carbocycles. The van der Waals surface area contributed by atoms with E-state index in [0.717, 1.165) is 25.9 Å². The summed E-state index contributed by atoms with van der Waals surface area (Å²) in [4.78, 5) is 17.1. The number of carbonyl (C=O) groups excluding carboxylic acids is 1. The van der Waals surface area contributed by atoms with Crippen molar-refractivity contribution in [1.29, 1.82) is 0 Å². The number of aromatic nitrogens is 1. The maximum atomic E-state index is 13.2. The Morgan fingerprint density at radius 1 is 1.15 bits per heavy atom. The molecule has 0 atom stereocenters. The van der Waals surface area contributed by atoms with E-state index in [-0.39, 0.29) is 29.1 Å². The van der Waals surface area contributed by atoms with Crippen LogP contribution in [0.25, 0.3) is 5.69 Å². The number of ether oxygens (including phenoxy) is 1. The maximum absolute atomic E-state index is 13.2. The fourth-order valence-corrected chi connectivity index (χ4v) is 3.63. The molecule has 2 heterocycles. The summed E-state index contributed by atoms with van der Waals surface area (Å²) in [7, 11) is 5.41. The Morgan fingerprint density at radius 2 is 1.74 bits per heavy atom. The fourth-order valence-electron chi connectivity index (χ4n) is 3.63. The van der Waals surface area contributed by atoms with E-state index in [9.17, 15) is 15.0 Å². The van der Waals surface area contributed by atoms with Gasteiger partial charge >= 0.3 is 0 Å². The minimum absolute atomic E-state index is 0.0802. The molecule has 1 aromatic heterocycles. The van der Waals surface area contributed by atoms with Crippen LogP contribution in [0.5, 0.6) is 17.2 Å². The highest BCUT2D eigenvalue weighted by atomic mass is 16.5. The summed E-state index contributed by atoms with van der Waals surface area (Å²) < 4.78 is 6.78. The second-order valence-corrected chi connectivity index (χ2v) is 7.12. The highest BCUT2D eigenvalue weighted by molar-refractivity contribution is 5.97. The van der Waals surface area contributed by atoms with Crippen LogP contribution < -0.4 is 4.74 Å². The summed E-state index contributed by atoms with van der Waals surface area (Å²) in [5.74, 6) is -0.270. The number of amides is 1. The summed E-state index contributed by atoms with van der Waals surface area (Å²) in [6, 6.07) is 7.23. The Morgan fingerprint density at radius 3 is 2.30 bits per heavy atom. The molecule has 27 heavy (non-hydrogen) atoms. The minimum Gasteiger partial charge on any atom is -0.503 e. The van der Waals surface area contributed by atoms with Crippen molar-refractivity contribution < 1.29 is 19.7 Å². The number of aromatic hydroxyl groups is 2. The van der Waals surface area contributed by atoms with Crippen molar-refractivity contribution in [2.45, 2.75) is 25.8 Å². The average molecular weight is 373 g/mol. The van der Waals surface area contributed by atoms with Gasteiger partial charge in [0.2, 0.25) is 0 Å². The largest absolute Gasteiger partial charge is 0.503 e. The predicted octanol–water partition coefficient (Wildman–Crippen LogP) is 2.37. The Balaban J connectivity index is 1.99. The van der Waals surface area contributed by atoms with E-state index < -0.39 is 0 Å². The molecule has 1 amide bonds. The molecule has 0 bridgehead atoms. The lowest BCUT2D eigenvalue weighted by Gasteiger charge is -2.35. The number of piperidine rings is 1. The molecular weight excluding hydrogens is 346 g/mol. The number of carbonyl (C=O) groups is 1. The molecule has 1 saturated heterocycles. The lowest BCUT2D eigenvalue weighted by molar-refractivity contribution is 0.0648. The first kappa shape index (κ1) is 19.1. The van der Waals surface area contributed by atoms with E-state index in [0.29, 0.717) is 17.1 Å². The molecule has 3 rings (SSSR count). The Bertz CT molecular complexity index is 821.